The lowest BCUT2D eigenvalue weighted by Gasteiger charge is -1.94. The molecular formula is C22H34O2. The predicted octanol–water partition coefficient (Wildman–Crippen LogP) is 6.77. The van der Waals surface area contributed by atoms with Crippen molar-refractivity contribution in [3.63, 3.8) is 0 Å². The molecule has 0 aliphatic heterocycles. The minimum Gasteiger partial charge on any atom is -0.481 e. The summed E-state index contributed by atoms with van der Waals surface area (Å²) in [5.74, 6) is -0.690. The van der Waals surface area contributed by atoms with Crippen LogP contribution >= 0.6 is 0 Å². The number of allylic oxidation sites excluding steroid dienone is 10. The Kier molecular flexibility index (Phi) is 17.8. The van der Waals surface area contributed by atoms with Gasteiger partial charge in [-0.1, -0.05) is 74.1 Å². The molecule has 0 heterocycles. The van der Waals surface area contributed by atoms with Gasteiger partial charge in [0, 0.05) is 6.42 Å². The van der Waals surface area contributed by atoms with Gasteiger partial charge in [-0.25, -0.2) is 0 Å². The molecule has 1 N–H and O–H groups in total. The molecule has 2 heteroatoms. The summed E-state index contributed by atoms with van der Waals surface area (Å²) in [6.45, 7) is 2.15. The van der Waals surface area contributed by atoms with Crippen LogP contribution in [0.1, 0.15) is 71.1 Å². The fourth-order valence-electron chi connectivity index (χ4n) is 2.08. The molecule has 134 valence electrons. The monoisotopic (exact) mass is 330 g/mol. The van der Waals surface area contributed by atoms with Gasteiger partial charge in [-0.15, -0.1) is 0 Å². The number of hydrogen-bond donors (Lipinski definition) is 1. The van der Waals surface area contributed by atoms with E-state index < -0.39 is 5.97 Å². The number of carboxylic acid groups (broad SMARTS) is 1. The molecule has 0 spiro atoms. The van der Waals surface area contributed by atoms with Crippen molar-refractivity contribution in [3.8, 4) is 0 Å². The van der Waals surface area contributed by atoms with Gasteiger partial charge in [-0.3, -0.25) is 4.79 Å². The Morgan fingerprint density at radius 2 is 1.12 bits per heavy atom. The Bertz CT molecular complexity index is 425. The molecular weight excluding hydrogens is 296 g/mol. The van der Waals surface area contributed by atoms with Crippen molar-refractivity contribution in [3.05, 3.63) is 60.8 Å². The molecule has 0 rings (SSSR count). The van der Waals surface area contributed by atoms with E-state index in [4.69, 9.17) is 5.11 Å². The molecule has 0 saturated carbocycles. The third-order valence-corrected chi connectivity index (χ3v) is 3.42. The van der Waals surface area contributed by atoms with Crippen LogP contribution in [0, 0.1) is 0 Å². The molecule has 0 bridgehead atoms. The first-order chi connectivity index (χ1) is 11.8. The van der Waals surface area contributed by atoms with E-state index in [0.29, 0.717) is 6.42 Å². The second-order valence-corrected chi connectivity index (χ2v) is 5.70. The highest BCUT2D eigenvalue weighted by atomic mass is 16.4. The van der Waals surface area contributed by atoms with Crippen LogP contribution in [0.15, 0.2) is 60.8 Å². The molecule has 2 nitrogen and oxygen atoms in total. The van der Waals surface area contributed by atoms with Gasteiger partial charge in [0.1, 0.15) is 0 Å². The first-order valence-corrected chi connectivity index (χ1v) is 9.24. The Morgan fingerprint density at radius 3 is 1.58 bits per heavy atom. The quantitative estimate of drug-likeness (QED) is 0.265. The molecule has 0 atom stereocenters. The van der Waals surface area contributed by atoms with Gasteiger partial charge >= 0.3 is 5.97 Å². The summed E-state index contributed by atoms with van der Waals surface area (Å²) in [6.07, 6.45) is 31.3. The molecule has 0 radical (unpaired) electrons. The van der Waals surface area contributed by atoms with Crippen molar-refractivity contribution < 1.29 is 9.90 Å². The molecule has 0 unspecified atom stereocenters. The van der Waals surface area contributed by atoms with Gasteiger partial charge < -0.3 is 5.11 Å². The van der Waals surface area contributed by atoms with Crippen molar-refractivity contribution in [2.24, 2.45) is 0 Å². The van der Waals surface area contributed by atoms with E-state index in [1.807, 2.05) is 0 Å². The SMILES string of the molecule is CC/C=C/C/C=C\C/C=C\C/C=C/C/C=C/CCCCCC(=O)O. The van der Waals surface area contributed by atoms with Crippen LogP contribution in [0.5, 0.6) is 0 Å². The zero-order chi connectivity index (χ0) is 17.7. The summed E-state index contributed by atoms with van der Waals surface area (Å²) in [6, 6.07) is 0. The lowest BCUT2D eigenvalue weighted by atomic mass is 10.1. The molecule has 24 heavy (non-hydrogen) atoms. The molecule has 0 aromatic heterocycles. The van der Waals surface area contributed by atoms with Crippen LogP contribution in [0.2, 0.25) is 0 Å². The van der Waals surface area contributed by atoms with Crippen LogP contribution in [-0.2, 0) is 4.79 Å². The highest BCUT2D eigenvalue weighted by Gasteiger charge is 1.94. The maximum atomic E-state index is 10.3. The Morgan fingerprint density at radius 1 is 0.667 bits per heavy atom. The van der Waals surface area contributed by atoms with Gasteiger partial charge in [0.25, 0.3) is 0 Å². The van der Waals surface area contributed by atoms with Crippen LogP contribution in [0.25, 0.3) is 0 Å². The van der Waals surface area contributed by atoms with Crippen LogP contribution in [-0.4, -0.2) is 11.1 Å². The number of carbonyl (C=O) groups is 1. The first kappa shape index (κ1) is 22.2. The summed E-state index contributed by atoms with van der Waals surface area (Å²) < 4.78 is 0. The van der Waals surface area contributed by atoms with Gasteiger partial charge in [-0.2, -0.15) is 0 Å². The maximum Gasteiger partial charge on any atom is 0.303 e. The maximum absolute atomic E-state index is 10.3. The Balaban J connectivity index is 3.42. The second kappa shape index (κ2) is 19.2. The standard InChI is InChI=1S/C22H34O2/c1-2-3-4-5-6-7-8-9-10-11-12-13-14-15-16-17-18-19-20-21-22(23)24/h3-4,6-7,9-10,12-13,15-16H,2,5,8,11,14,17-21H2,1H3,(H,23,24)/b4-3+,7-6-,10-9-,13-12+,16-15+. The van der Waals surface area contributed by atoms with Gasteiger partial charge in [0.15, 0.2) is 0 Å². The minimum absolute atomic E-state index is 0.297. The largest absolute Gasteiger partial charge is 0.481 e. The summed E-state index contributed by atoms with van der Waals surface area (Å²) in [7, 11) is 0. The third kappa shape index (κ3) is 20.2. The summed E-state index contributed by atoms with van der Waals surface area (Å²) >= 11 is 0. The predicted molar refractivity (Wildman–Crippen MR) is 105 cm³/mol. The Hall–Kier alpha value is -1.83. The van der Waals surface area contributed by atoms with Crippen molar-refractivity contribution in [2.75, 3.05) is 0 Å². The smallest absolute Gasteiger partial charge is 0.303 e. The number of carboxylic acids is 1. The number of hydrogen-bond acceptors (Lipinski definition) is 1. The number of unbranched alkanes of at least 4 members (excludes halogenated alkanes) is 3. The minimum atomic E-state index is -0.690. The van der Waals surface area contributed by atoms with E-state index in [1.165, 1.54) is 0 Å². The summed E-state index contributed by atoms with van der Waals surface area (Å²) in [5.41, 5.74) is 0. The van der Waals surface area contributed by atoms with Crippen molar-refractivity contribution in [2.45, 2.75) is 71.1 Å². The van der Waals surface area contributed by atoms with Gasteiger partial charge in [0.05, 0.1) is 0 Å². The Labute approximate surface area is 148 Å². The average Bonchev–Trinajstić information content (AvgIpc) is 2.56. The van der Waals surface area contributed by atoms with E-state index >= 15 is 0 Å². The molecule has 0 fully saturated rings. The normalized spacial score (nSPS) is 12.7. The van der Waals surface area contributed by atoms with E-state index in [9.17, 15) is 4.79 Å². The highest BCUT2D eigenvalue weighted by molar-refractivity contribution is 5.66. The summed E-state index contributed by atoms with van der Waals surface area (Å²) in [4.78, 5) is 10.3. The zero-order valence-electron chi connectivity index (χ0n) is 15.2. The lowest BCUT2D eigenvalue weighted by molar-refractivity contribution is -0.137. The first-order valence-electron chi connectivity index (χ1n) is 9.24. The lowest BCUT2D eigenvalue weighted by Crippen LogP contribution is -1.93. The van der Waals surface area contributed by atoms with Crippen molar-refractivity contribution in [1.29, 1.82) is 0 Å². The zero-order valence-corrected chi connectivity index (χ0v) is 15.2. The average molecular weight is 331 g/mol. The van der Waals surface area contributed by atoms with E-state index in [1.54, 1.807) is 0 Å². The molecule has 0 aliphatic carbocycles. The van der Waals surface area contributed by atoms with Gasteiger partial charge in [-0.05, 0) is 51.4 Å². The topological polar surface area (TPSA) is 37.3 Å². The molecule has 0 aromatic carbocycles. The number of rotatable bonds is 15. The van der Waals surface area contributed by atoms with E-state index in [-0.39, 0.29) is 0 Å². The van der Waals surface area contributed by atoms with E-state index in [0.717, 1.165) is 57.8 Å². The number of aliphatic carboxylic acids is 1. The van der Waals surface area contributed by atoms with Gasteiger partial charge in [0.2, 0.25) is 0 Å². The highest BCUT2D eigenvalue weighted by Crippen LogP contribution is 2.04. The van der Waals surface area contributed by atoms with Crippen molar-refractivity contribution in [1.82, 2.24) is 0 Å². The van der Waals surface area contributed by atoms with Crippen LogP contribution in [0.4, 0.5) is 0 Å². The second-order valence-electron chi connectivity index (χ2n) is 5.70. The fourth-order valence-corrected chi connectivity index (χ4v) is 2.08. The van der Waals surface area contributed by atoms with Crippen molar-refractivity contribution >= 4 is 5.97 Å². The molecule has 0 aliphatic rings. The molecule has 0 saturated heterocycles. The van der Waals surface area contributed by atoms with Crippen LogP contribution < -0.4 is 0 Å². The van der Waals surface area contributed by atoms with Crippen LogP contribution in [0.3, 0.4) is 0 Å². The molecule has 0 aromatic rings. The molecule has 0 amide bonds. The summed E-state index contributed by atoms with van der Waals surface area (Å²) in [5, 5.41) is 8.52. The third-order valence-electron chi connectivity index (χ3n) is 3.42. The fraction of sp³-hybridized carbons (Fsp3) is 0.500. The van der Waals surface area contributed by atoms with E-state index in [2.05, 4.69) is 67.7 Å².